The molecule has 0 spiro atoms. The van der Waals surface area contributed by atoms with Crippen LogP contribution in [0.5, 0.6) is 11.5 Å². The smallest absolute Gasteiger partial charge is 0.269 e. The van der Waals surface area contributed by atoms with Crippen LogP contribution in [-0.2, 0) is 6.54 Å². The van der Waals surface area contributed by atoms with Gasteiger partial charge in [-0.1, -0.05) is 0 Å². The lowest BCUT2D eigenvalue weighted by molar-refractivity contribution is -0.384. The zero-order valence-electron chi connectivity index (χ0n) is 14.5. The molecule has 2 rings (SSSR count). The molecule has 0 atom stereocenters. The highest BCUT2D eigenvalue weighted by atomic mass is 79.9. The number of hydrogen-bond acceptors (Lipinski definition) is 6. The molecule has 0 fully saturated rings. The Labute approximate surface area is 166 Å². The Balaban J connectivity index is 0.00000338. The Morgan fingerprint density at radius 2 is 1.81 bits per heavy atom. The lowest BCUT2D eigenvalue weighted by Crippen LogP contribution is -2.21. The van der Waals surface area contributed by atoms with Gasteiger partial charge >= 0.3 is 0 Å². The Hall–Kier alpha value is -2.03. The van der Waals surface area contributed by atoms with Crippen molar-refractivity contribution >= 4 is 39.7 Å². The van der Waals surface area contributed by atoms with E-state index in [9.17, 15) is 10.1 Å². The number of nitrogens with zero attached hydrogens (tertiary/aromatic N) is 1. The predicted molar refractivity (Wildman–Crippen MR) is 108 cm³/mol. The molecule has 0 bridgehead atoms. The lowest BCUT2D eigenvalue weighted by Gasteiger charge is -2.13. The normalized spacial score (nSPS) is 9.96. The van der Waals surface area contributed by atoms with Crippen molar-refractivity contribution in [1.82, 2.24) is 5.32 Å². The van der Waals surface area contributed by atoms with Gasteiger partial charge in [-0.25, -0.2) is 0 Å². The van der Waals surface area contributed by atoms with Crippen LogP contribution in [0.2, 0.25) is 0 Å². The summed E-state index contributed by atoms with van der Waals surface area (Å²) in [6.45, 7) is 2.12. The van der Waals surface area contributed by atoms with Gasteiger partial charge in [-0.2, -0.15) is 0 Å². The SMILES string of the molecule is COc1cc(CNCCNc2ccc([N+](=O)[O-])cc2)cc(Br)c1OC.Cl. The molecule has 0 unspecified atom stereocenters. The number of ether oxygens (including phenoxy) is 2. The molecular weight excluding hydrogens is 426 g/mol. The van der Waals surface area contributed by atoms with Gasteiger partial charge in [-0.3, -0.25) is 10.1 Å². The standard InChI is InChI=1S/C17H20BrN3O4.ClH/c1-24-16-10-12(9-15(18)17(16)25-2)11-19-7-8-20-13-3-5-14(6-4-13)21(22)23;/h3-6,9-10,19-20H,7-8,11H2,1-2H3;1H. The first-order chi connectivity index (χ1) is 12.0. The Morgan fingerprint density at radius 1 is 1.12 bits per heavy atom. The highest BCUT2D eigenvalue weighted by molar-refractivity contribution is 9.10. The number of non-ortho nitro benzene ring substituents is 1. The second kappa shape index (κ2) is 10.8. The van der Waals surface area contributed by atoms with Gasteiger partial charge in [0.15, 0.2) is 11.5 Å². The van der Waals surface area contributed by atoms with Gasteiger partial charge in [-0.15, -0.1) is 12.4 Å². The molecule has 0 saturated heterocycles. The van der Waals surface area contributed by atoms with E-state index in [-0.39, 0.29) is 18.1 Å². The minimum atomic E-state index is -0.410. The van der Waals surface area contributed by atoms with Crippen molar-refractivity contribution in [3.8, 4) is 11.5 Å². The van der Waals surface area contributed by atoms with Crippen LogP contribution in [0.25, 0.3) is 0 Å². The van der Waals surface area contributed by atoms with Crippen LogP contribution in [0.3, 0.4) is 0 Å². The second-order valence-electron chi connectivity index (χ2n) is 5.22. The third-order valence-electron chi connectivity index (χ3n) is 3.53. The van der Waals surface area contributed by atoms with Gasteiger partial charge in [0, 0.05) is 37.5 Å². The van der Waals surface area contributed by atoms with Crippen LogP contribution < -0.4 is 20.1 Å². The molecular formula is C17H21BrClN3O4. The highest BCUT2D eigenvalue weighted by Crippen LogP contribution is 2.36. The number of nitrogens with one attached hydrogen (secondary N) is 2. The summed E-state index contributed by atoms with van der Waals surface area (Å²) in [6, 6.07) is 10.3. The van der Waals surface area contributed by atoms with E-state index >= 15 is 0 Å². The molecule has 0 aliphatic carbocycles. The molecule has 0 heterocycles. The van der Waals surface area contributed by atoms with Crippen molar-refractivity contribution in [2.45, 2.75) is 6.54 Å². The van der Waals surface area contributed by atoms with Crippen LogP contribution in [-0.4, -0.2) is 32.2 Å². The quantitative estimate of drug-likeness (QED) is 0.344. The van der Waals surface area contributed by atoms with Crippen molar-refractivity contribution < 1.29 is 14.4 Å². The van der Waals surface area contributed by atoms with E-state index in [2.05, 4.69) is 26.6 Å². The summed E-state index contributed by atoms with van der Waals surface area (Å²) in [6.07, 6.45) is 0. The molecule has 7 nitrogen and oxygen atoms in total. The average molecular weight is 447 g/mol. The molecule has 2 aromatic carbocycles. The molecule has 2 N–H and O–H groups in total. The van der Waals surface area contributed by atoms with Gasteiger partial charge in [0.05, 0.1) is 23.6 Å². The molecule has 0 amide bonds. The zero-order chi connectivity index (χ0) is 18.2. The van der Waals surface area contributed by atoms with E-state index in [1.54, 1.807) is 26.4 Å². The Bertz CT molecular complexity index is 729. The average Bonchev–Trinajstić information content (AvgIpc) is 2.61. The molecule has 0 aromatic heterocycles. The fraction of sp³-hybridized carbons (Fsp3) is 0.294. The monoisotopic (exact) mass is 445 g/mol. The Kier molecular flexibility index (Phi) is 9.18. The summed E-state index contributed by atoms with van der Waals surface area (Å²) >= 11 is 3.48. The van der Waals surface area contributed by atoms with Crippen LogP contribution in [0.1, 0.15) is 5.56 Å². The summed E-state index contributed by atoms with van der Waals surface area (Å²) in [4.78, 5) is 10.2. The largest absolute Gasteiger partial charge is 0.493 e. The Morgan fingerprint density at radius 3 is 2.38 bits per heavy atom. The van der Waals surface area contributed by atoms with Gasteiger partial charge in [0.2, 0.25) is 0 Å². The molecule has 142 valence electrons. The number of methoxy groups -OCH3 is 2. The van der Waals surface area contributed by atoms with E-state index in [1.165, 1.54) is 12.1 Å². The summed E-state index contributed by atoms with van der Waals surface area (Å²) in [5, 5.41) is 17.2. The van der Waals surface area contributed by atoms with E-state index in [0.29, 0.717) is 24.6 Å². The number of rotatable bonds is 9. The number of nitro groups is 1. The van der Waals surface area contributed by atoms with E-state index in [1.807, 2.05) is 12.1 Å². The van der Waals surface area contributed by atoms with E-state index in [0.717, 1.165) is 22.3 Å². The minimum absolute atomic E-state index is 0. The maximum atomic E-state index is 10.6. The minimum Gasteiger partial charge on any atom is -0.493 e. The van der Waals surface area contributed by atoms with E-state index < -0.39 is 4.92 Å². The molecule has 0 saturated carbocycles. The topological polar surface area (TPSA) is 85.7 Å². The van der Waals surface area contributed by atoms with Crippen molar-refractivity contribution in [2.24, 2.45) is 0 Å². The summed E-state index contributed by atoms with van der Waals surface area (Å²) in [5.41, 5.74) is 2.00. The predicted octanol–water partition coefficient (Wildman–Crippen LogP) is 4.00. The lowest BCUT2D eigenvalue weighted by atomic mass is 10.2. The van der Waals surface area contributed by atoms with Crippen LogP contribution in [0, 0.1) is 10.1 Å². The van der Waals surface area contributed by atoms with Gasteiger partial charge in [0.25, 0.3) is 5.69 Å². The first-order valence-corrected chi connectivity index (χ1v) is 8.44. The first-order valence-electron chi connectivity index (χ1n) is 7.64. The van der Waals surface area contributed by atoms with Gasteiger partial charge < -0.3 is 20.1 Å². The summed E-state index contributed by atoms with van der Waals surface area (Å²) in [5.74, 6) is 1.35. The van der Waals surface area contributed by atoms with Gasteiger partial charge in [0.1, 0.15) is 0 Å². The summed E-state index contributed by atoms with van der Waals surface area (Å²) in [7, 11) is 3.21. The maximum Gasteiger partial charge on any atom is 0.269 e. The third kappa shape index (κ3) is 6.05. The van der Waals surface area contributed by atoms with Crippen LogP contribution >= 0.6 is 28.3 Å². The van der Waals surface area contributed by atoms with Gasteiger partial charge in [-0.05, 0) is 45.8 Å². The number of hydrogen-bond donors (Lipinski definition) is 2. The zero-order valence-corrected chi connectivity index (χ0v) is 16.9. The second-order valence-corrected chi connectivity index (χ2v) is 6.08. The molecule has 0 aliphatic heterocycles. The number of anilines is 1. The third-order valence-corrected chi connectivity index (χ3v) is 4.12. The molecule has 2 aromatic rings. The van der Waals surface area contributed by atoms with Crippen molar-refractivity contribution in [3.05, 3.63) is 56.5 Å². The maximum absolute atomic E-state index is 10.6. The number of halogens is 2. The van der Waals surface area contributed by atoms with Crippen molar-refractivity contribution in [3.63, 3.8) is 0 Å². The molecule has 0 radical (unpaired) electrons. The van der Waals surface area contributed by atoms with E-state index in [4.69, 9.17) is 9.47 Å². The fourth-order valence-electron chi connectivity index (χ4n) is 2.30. The van der Waals surface area contributed by atoms with Crippen LogP contribution in [0.4, 0.5) is 11.4 Å². The molecule has 0 aliphatic rings. The summed E-state index contributed by atoms with van der Waals surface area (Å²) < 4.78 is 11.5. The van der Waals surface area contributed by atoms with Crippen molar-refractivity contribution in [2.75, 3.05) is 32.6 Å². The number of nitro benzene ring substituents is 1. The number of benzene rings is 2. The first kappa shape index (κ1) is 22.0. The fourth-order valence-corrected chi connectivity index (χ4v) is 2.95. The molecule has 9 heteroatoms. The van der Waals surface area contributed by atoms with Crippen molar-refractivity contribution in [1.29, 1.82) is 0 Å². The van der Waals surface area contributed by atoms with Crippen LogP contribution in [0.15, 0.2) is 40.9 Å². The highest BCUT2D eigenvalue weighted by Gasteiger charge is 2.10. The molecule has 26 heavy (non-hydrogen) atoms.